The first-order valence-corrected chi connectivity index (χ1v) is 7.50. The number of hydrogen-bond acceptors (Lipinski definition) is 4. The fourth-order valence-electron chi connectivity index (χ4n) is 2.24. The minimum atomic E-state index is -4.74. The maximum Gasteiger partial charge on any atom is 0.453 e. The monoisotopic (exact) mass is 297 g/mol. The van der Waals surface area contributed by atoms with Crippen molar-refractivity contribution in [3.05, 3.63) is 12.2 Å². The number of halogens is 3. The van der Waals surface area contributed by atoms with Crippen LogP contribution in [0.4, 0.5) is 13.2 Å². The Kier molecular flexibility index (Phi) is 3.59. The third kappa shape index (κ3) is 2.60. The summed E-state index contributed by atoms with van der Waals surface area (Å²) in [4.78, 5) is 3.02. The van der Waals surface area contributed by atoms with Gasteiger partial charge in [-0.05, 0) is 25.2 Å². The molecule has 1 aliphatic carbocycles. The van der Waals surface area contributed by atoms with Crippen molar-refractivity contribution in [3.8, 4) is 0 Å². The van der Waals surface area contributed by atoms with Crippen LogP contribution in [0.5, 0.6) is 0 Å². The Bertz CT molecular complexity index is 549. The lowest BCUT2D eigenvalue weighted by molar-refractivity contribution is -0.144. The molecular formula is C10H14F3N3O2S. The van der Waals surface area contributed by atoms with Crippen LogP contribution in [-0.4, -0.2) is 27.8 Å². The molecule has 2 rings (SSSR count). The van der Waals surface area contributed by atoms with Crippen molar-refractivity contribution in [2.24, 2.45) is 5.92 Å². The van der Waals surface area contributed by atoms with Gasteiger partial charge in [0.05, 0.1) is 5.25 Å². The van der Waals surface area contributed by atoms with E-state index in [-0.39, 0.29) is 5.92 Å². The molecule has 0 radical (unpaired) electrons. The molecule has 0 spiro atoms. The summed E-state index contributed by atoms with van der Waals surface area (Å²) in [5, 5.41) is 2.36. The molecule has 0 N–H and O–H groups in total. The number of hydrogen-bond donors (Lipinski definition) is 0. The Morgan fingerprint density at radius 1 is 1.47 bits per heavy atom. The van der Waals surface area contributed by atoms with E-state index in [4.69, 9.17) is 0 Å². The lowest BCUT2D eigenvalue weighted by Gasteiger charge is -2.32. The summed E-state index contributed by atoms with van der Waals surface area (Å²) in [5.41, 5.74) is 0. The number of rotatable bonds is 4. The third-order valence-corrected chi connectivity index (χ3v) is 5.63. The van der Waals surface area contributed by atoms with E-state index in [1.807, 2.05) is 0 Å². The van der Waals surface area contributed by atoms with Crippen molar-refractivity contribution in [1.29, 1.82) is 0 Å². The van der Waals surface area contributed by atoms with Crippen LogP contribution in [0.2, 0.25) is 0 Å². The highest BCUT2D eigenvalue weighted by atomic mass is 32.2. The molecule has 1 aromatic heterocycles. The Hall–Kier alpha value is -1.12. The normalized spacial score (nSPS) is 19.2. The quantitative estimate of drug-likeness (QED) is 0.853. The van der Waals surface area contributed by atoms with Crippen LogP contribution >= 0.6 is 0 Å². The maximum atomic E-state index is 12.4. The summed E-state index contributed by atoms with van der Waals surface area (Å²) in [6, 6.07) is 0. The van der Waals surface area contributed by atoms with Crippen LogP contribution in [0.25, 0.3) is 0 Å². The first-order chi connectivity index (χ1) is 8.76. The Labute approximate surface area is 108 Å². The molecule has 0 saturated heterocycles. The van der Waals surface area contributed by atoms with Crippen LogP contribution in [-0.2, 0) is 16.2 Å². The second-order valence-corrected chi connectivity index (χ2v) is 6.63. The zero-order valence-corrected chi connectivity index (χ0v) is 11.1. The van der Waals surface area contributed by atoms with Gasteiger partial charge in [0.25, 0.3) is 15.8 Å². The van der Waals surface area contributed by atoms with Gasteiger partial charge in [0.15, 0.2) is 0 Å². The average Bonchev–Trinajstić information content (AvgIpc) is 2.71. The van der Waals surface area contributed by atoms with E-state index in [1.54, 1.807) is 6.92 Å². The second kappa shape index (κ2) is 4.77. The molecule has 1 aromatic rings. The summed E-state index contributed by atoms with van der Waals surface area (Å²) < 4.78 is 62.0. The third-order valence-electron chi connectivity index (χ3n) is 3.45. The van der Waals surface area contributed by atoms with Crippen molar-refractivity contribution in [2.75, 3.05) is 0 Å². The van der Waals surface area contributed by atoms with Crippen molar-refractivity contribution in [3.63, 3.8) is 0 Å². The predicted octanol–water partition coefficient (Wildman–Crippen LogP) is 2.05. The van der Waals surface area contributed by atoms with E-state index in [9.17, 15) is 21.6 Å². The highest BCUT2D eigenvalue weighted by molar-refractivity contribution is 7.90. The molecule has 1 atom stereocenters. The predicted molar refractivity (Wildman–Crippen MR) is 60.8 cm³/mol. The minimum Gasteiger partial charge on any atom is -0.210 e. The molecule has 0 aliphatic heterocycles. The van der Waals surface area contributed by atoms with Gasteiger partial charge in [-0.3, -0.25) is 0 Å². The molecule has 0 amide bonds. The van der Waals surface area contributed by atoms with Crippen LogP contribution < -0.4 is 0 Å². The Morgan fingerprint density at radius 2 is 2.11 bits per heavy atom. The standard InChI is InChI=1S/C10H14F3N3O2S/c1-2-8(7-4-3-5-7)19(17,18)16-6-14-9(15-16)10(11,12)13/h6-8H,2-5H2,1H3. The van der Waals surface area contributed by atoms with Crippen molar-refractivity contribution in [1.82, 2.24) is 14.2 Å². The van der Waals surface area contributed by atoms with Gasteiger partial charge in [0.2, 0.25) is 0 Å². The lowest BCUT2D eigenvalue weighted by Crippen LogP contribution is -2.37. The minimum absolute atomic E-state index is 0.00790. The lowest BCUT2D eigenvalue weighted by atomic mass is 9.82. The largest absolute Gasteiger partial charge is 0.453 e. The van der Waals surface area contributed by atoms with Gasteiger partial charge in [-0.1, -0.05) is 13.3 Å². The van der Waals surface area contributed by atoms with Crippen LogP contribution in [0, 0.1) is 5.92 Å². The zero-order chi connectivity index (χ0) is 14.3. The molecule has 0 aromatic carbocycles. The molecule has 108 valence electrons. The SMILES string of the molecule is CCC(C1CCC1)S(=O)(=O)n1cnc(C(F)(F)F)n1. The van der Waals surface area contributed by atoms with Gasteiger partial charge in [0, 0.05) is 0 Å². The maximum absolute atomic E-state index is 12.4. The van der Waals surface area contributed by atoms with E-state index in [1.165, 1.54) is 0 Å². The first-order valence-electron chi connectivity index (χ1n) is 6.00. The van der Waals surface area contributed by atoms with E-state index in [0.717, 1.165) is 19.3 Å². The highest BCUT2D eigenvalue weighted by Gasteiger charge is 2.40. The zero-order valence-electron chi connectivity index (χ0n) is 10.3. The van der Waals surface area contributed by atoms with Gasteiger partial charge in [-0.15, -0.1) is 9.19 Å². The van der Waals surface area contributed by atoms with Gasteiger partial charge in [-0.25, -0.2) is 13.4 Å². The molecule has 1 heterocycles. The van der Waals surface area contributed by atoms with Gasteiger partial charge < -0.3 is 0 Å². The van der Waals surface area contributed by atoms with E-state index < -0.39 is 27.3 Å². The van der Waals surface area contributed by atoms with Gasteiger partial charge in [0.1, 0.15) is 6.33 Å². The van der Waals surface area contributed by atoms with Crippen molar-refractivity contribution in [2.45, 2.75) is 44.0 Å². The number of alkyl halides is 3. The second-order valence-electron chi connectivity index (χ2n) is 4.62. The smallest absolute Gasteiger partial charge is 0.210 e. The summed E-state index contributed by atoms with van der Waals surface area (Å²) >= 11 is 0. The fourth-order valence-corrected chi connectivity index (χ4v) is 4.07. The summed E-state index contributed by atoms with van der Waals surface area (Å²) in [6.45, 7) is 1.71. The summed E-state index contributed by atoms with van der Waals surface area (Å²) in [6.07, 6.45) is -1.22. The molecule has 1 aliphatic rings. The van der Waals surface area contributed by atoms with Gasteiger partial charge in [-0.2, -0.15) is 13.2 Å². The average molecular weight is 297 g/mol. The van der Waals surface area contributed by atoms with Crippen molar-refractivity contribution >= 4 is 10.0 Å². The molecule has 1 fully saturated rings. The summed E-state index contributed by atoms with van der Waals surface area (Å²) in [5.74, 6) is -1.42. The van der Waals surface area contributed by atoms with Crippen LogP contribution in [0.1, 0.15) is 38.4 Å². The fraction of sp³-hybridized carbons (Fsp3) is 0.800. The molecule has 1 saturated carbocycles. The van der Waals surface area contributed by atoms with Crippen LogP contribution in [0.15, 0.2) is 6.33 Å². The molecular weight excluding hydrogens is 283 g/mol. The summed E-state index contributed by atoms with van der Waals surface area (Å²) in [7, 11) is -3.91. The Balaban J connectivity index is 2.30. The topological polar surface area (TPSA) is 64.8 Å². The van der Waals surface area contributed by atoms with E-state index in [0.29, 0.717) is 16.8 Å². The first kappa shape index (κ1) is 14.3. The number of nitrogens with zero attached hydrogens (tertiary/aromatic N) is 3. The molecule has 1 unspecified atom stereocenters. The van der Waals surface area contributed by atoms with E-state index in [2.05, 4.69) is 10.1 Å². The van der Waals surface area contributed by atoms with Crippen molar-refractivity contribution < 1.29 is 21.6 Å². The Morgan fingerprint density at radius 3 is 2.47 bits per heavy atom. The van der Waals surface area contributed by atoms with E-state index >= 15 is 0 Å². The molecule has 0 bridgehead atoms. The van der Waals surface area contributed by atoms with Crippen LogP contribution in [0.3, 0.4) is 0 Å². The molecule has 5 nitrogen and oxygen atoms in total. The number of aromatic nitrogens is 3. The highest BCUT2D eigenvalue weighted by Crippen LogP contribution is 2.35. The molecule has 19 heavy (non-hydrogen) atoms. The van der Waals surface area contributed by atoms with Gasteiger partial charge >= 0.3 is 6.18 Å². The molecule has 9 heteroatoms.